The van der Waals surface area contributed by atoms with Crippen molar-refractivity contribution in [3.8, 4) is 5.75 Å². The van der Waals surface area contributed by atoms with Crippen LogP contribution in [0.4, 0.5) is 0 Å². The van der Waals surface area contributed by atoms with Gasteiger partial charge in [0.2, 0.25) is 0 Å². The third-order valence-corrected chi connectivity index (χ3v) is 5.42. The van der Waals surface area contributed by atoms with E-state index in [9.17, 15) is 9.90 Å². The van der Waals surface area contributed by atoms with Gasteiger partial charge in [0, 0.05) is 25.1 Å². The number of thiophene rings is 1. The Morgan fingerprint density at radius 3 is 2.88 bits per heavy atom. The molecule has 0 aliphatic carbocycles. The molecule has 2 aliphatic heterocycles. The number of hydrogen-bond acceptors (Lipinski definition) is 6. The van der Waals surface area contributed by atoms with Crippen LogP contribution in [0.2, 0.25) is 0 Å². The smallest absolute Gasteiger partial charge is 0.257 e. The molecule has 1 atom stereocenters. The lowest BCUT2D eigenvalue weighted by Gasteiger charge is -2.29. The number of hydrazone groups is 1. The third kappa shape index (κ3) is 3.65. The summed E-state index contributed by atoms with van der Waals surface area (Å²) in [6, 6.07) is 8.93. The van der Waals surface area contributed by atoms with E-state index in [1.807, 2.05) is 22.9 Å². The van der Waals surface area contributed by atoms with Crippen LogP contribution in [0.3, 0.4) is 0 Å². The molecule has 1 aromatic carbocycles. The summed E-state index contributed by atoms with van der Waals surface area (Å²) in [6.45, 7) is 3.17. The fraction of sp³-hybridized carbons (Fsp3) is 0.368. The summed E-state index contributed by atoms with van der Waals surface area (Å²) in [6.07, 6.45) is 0.648. The molecule has 7 heteroatoms. The van der Waals surface area contributed by atoms with Crippen molar-refractivity contribution in [1.29, 1.82) is 0 Å². The van der Waals surface area contributed by atoms with Crippen LogP contribution in [0.25, 0.3) is 0 Å². The SMILES string of the molecule is O=C(CN1CCOCC1)N1N=C(c2ccsc2)C[C@H]1c1cccc(O)c1. The molecule has 26 heavy (non-hydrogen) atoms. The van der Waals surface area contributed by atoms with E-state index in [1.165, 1.54) is 0 Å². The molecule has 2 aliphatic rings. The van der Waals surface area contributed by atoms with Gasteiger partial charge in [-0.1, -0.05) is 12.1 Å². The monoisotopic (exact) mass is 371 g/mol. The highest BCUT2D eigenvalue weighted by Crippen LogP contribution is 2.34. The Morgan fingerprint density at radius 2 is 2.15 bits per heavy atom. The number of phenols is 1. The Morgan fingerprint density at radius 1 is 1.31 bits per heavy atom. The van der Waals surface area contributed by atoms with Crippen LogP contribution in [0, 0.1) is 0 Å². The molecule has 1 saturated heterocycles. The predicted molar refractivity (Wildman–Crippen MR) is 100 cm³/mol. The summed E-state index contributed by atoms with van der Waals surface area (Å²) in [4.78, 5) is 15.1. The quantitative estimate of drug-likeness (QED) is 0.897. The molecule has 136 valence electrons. The normalized spacial score (nSPS) is 21.0. The van der Waals surface area contributed by atoms with E-state index < -0.39 is 0 Å². The number of nitrogens with zero attached hydrogens (tertiary/aromatic N) is 3. The number of carbonyl (C=O) groups is 1. The van der Waals surface area contributed by atoms with Crippen LogP contribution in [-0.4, -0.2) is 59.5 Å². The van der Waals surface area contributed by atoms with Crippen LogP contribution in [0.1, 0.15) is 23.6 Å². The van der Waals surface area contributed by atoms with Gasteiger partial charge in [0.15, 0.2) is 0 Å². The first-order valence-electron chi connectivity index (χ1n) is 8.72. The molecule has 6 nitrogen and oxygen atoms in total. The molecule has 0 saturated carbocycles. The molecule has 0 unspecified atom stereocenters. The molecular formula is C19H21N3O3S. The first-order chi connectivity index (χ1) is 12.7. The minimum Gasteiger partial charge on any atom is -0.508 e. The summed E-state index contributed by atoms with van der Waals surface area (Å²) in [5.41, 5.74) is 2.87. The molecule has 0 radical (unpaired) electrons. The number of morpholine rings is 1. The lowest BCUT2D eigenvalue weighted by atomic mass is 9.99. The van der Waals surface area contributed by atoms with Crippen molar-refractivity contribution in [1.82, 2.24) is 9.91 Å². The summed E-state index contributed by atoms with van der Waals surface area (Å²) >= 11 is 1.62. The van der Waals surface area contributed by atoms with Gasteiger partial charge in [-0.15, -0.1) is 0 Å². The minimum atomic E-state index is -0.189. The average molecular weight is 371 g/mol. The highest BCUT2D eigenvalue weighted by molar-refractivity contribution is 7.08. The maximum Gasteiger partial charge on any atom is 0.257 e. The number of ether oxygens (including phenoxy) is 1. The molecule has 4 rings (SSSR count). The van der Waals surface area contributed by atoms with Crippen LogP contribution < -0.4 is 0 Å². The van der Waals surface area contributed by atoms with Gasteiger partial charge in [-0.05, 0) is 34.5 Å². The van der Waals surface area contributed by atoms with E-state index in [0.717, 1.165) is 29.9 Å². The molecular weight excluding hydrogens is 350 g/mol. The average Bonchev–Trinajstić information content (AvgIpc) is 3.32. The van der Waals surface area contributed by atoms with Gasteiger partial charge in [0.1, 0.15) is 5.75 Å². The van der Waals surface area contributed by atoms with Gasteiger partial charge in [-0.3, -0.25) is 9.69 Å². The van der Waals surface area contributed by atoms with Crippen LogP contribution >= 0.6 is 11.3 Å². The van der Waals surface area contributed by atoms with Crippen LogP contribution in [0.15, 0.2) is 46.2 Å². The van der Waals surface area contributed by atoms with Crippen molar-refractivity contribution in [2.45, 2.75) is 12.5 Å². The van der Waals surface area contributed by atoms with Crippen molar-refractivity contribution in [3.05, 3.63) is 52.2 Å². The first kappa shape index (κ1) is 17.2. The van der Waals surface area contributed by atoms with Crippen molar-refractivity contribution in [3.63, 3.8) is 0 Å². The first-order valence-corrected chi connectivity index (χ1v) is 9.66. The second-order valence-corrected chi connectivity index (χ2v) is 7.28. The summed E-state index contributed by atoms with van der Waals surface area (Å²) in [5, 5.41) is 20.2. The van der Waals surface area contributed by atoms with E-state index >= 15 is 0 Å². The topological polar surface area (TPSA) is 65.4 Å². The number of hydrogen-bond donors (Lipinski definition) is 1. The van der Waals surface area contributed by atoms with Gasteiger partial charge in [0.05, 0.1) is 31.5 Å². The van der Waals surface area contributed by atoms with Gasteiger partial charge in [0.25, 0.3) is 5.91 Å². The van der Waals surface area contributed by atoms with Gasteiger partial charge >= 0.3 is 0 Å². The van der Waals surface area contributed by atoms with Crippen molar-refractivity contribution < 1.29 is 14.6 Å². The van der Waals surface area contributed by atoms with Crippen molar-refractivity contribution in [2.24, 2.45) is 5.10 Å². The van der Waals surface area contributed by atoms with E-state index in [4.69, 9.17) is 4.74 Å². The zero-order chi connectivity index (χ0) is 17.9. The third-order valence-electron chi connectivity index (χ3n) is 4.74. The minimum absolute atomic E-state index is 0.0227. The van der Waals surface area contributed by atoms with Crippen LogP contribution in [0.5, 0.6) is 5.75 Å². The highest BCUT2D eigenvalue weighted by Gasteiger charge is 2.34. The summed E-state index contributed by atoms with van der Waals surface area (Å²) in [5.74, 6) is 0.178. The fourth-order valence-corrected chi connectivity index (χ4v) is 4.02. The van der Waals surface area contributed by atoms with Gasteiger partial charge < -0.3 is 9.84 Å². The molecule has 0 bridgehead atoms. The van der Waals surface area contributed by atoms with E-state index in [2.05, 4.69) is 10.0 Å². The molecule has 1 N–H and O–H groups in total. The lowest BCUT2D eigenvalue weighted by Crippen LogP contribution is -2.43. The van der Waals surface area contributed by atoms with E-state index in [-0.39, 0.29) is 17.7 Å². The number of carbonyl (C=O) groups excluding carboxylic acids is 1. The Hall–Kier alpha value is -2.22. The molecule has 1 aromatic heterocycles. The van der Waals surface area contributed by atoms with Crippen LogP contribution in [-0.2, 0) is 9.53 Å². The zero-order valence-electron chi connectivity index (χ0n) is 14.4. The zero-order valence-corrected chi connectivity index (χ0v) is 15.2. The maximum atomic E-state index is 13.0. The number of aromatic hydroxyl groups is 1. The Labute approximate surface area is 156 Å². The second-order valence-electron chi connectivity index (χ2n) is 6.50. The van der Waals surface area contributed by atoms with Gasteiger partial charge in [-0.25, -0.2) is 5.01 Å². The number of rotatable bonds is 4. The molecule has 2 aromatic rings. The molecule has 1 fully saturated rings. The molecule has 3 heterocycles. The fourth-order valence-electron chi connectivity index (χ4n) is 3.36. The predicted octanol–water partition coefficient (Wildman–Crippen LogP) is 2.46. The largest absolute Gasteiger partial charge is 0.508 e. The number of benzene rings is 1. The lowest BCUT2D eigenvalue weighted by molar-refractivity contribution is -0.135. The molecule has 1 amide bonds. The van der Waals surface area contributed by atoms with Crippen molar-refractivity contribution in [2.75, 3.05) is 32.8 Å². The maximum absolute atomic E-state index is 13.0. The van der Waals surface area contributed by atoms with E-state index in [1.54, 1.807) is 34.5 Å². The highest BCUT2D eigenvalue weighted by atomic mass is 32.1. The Balaban J connectivity index is 1.58. The number of amides is 1. The summed E-state index contributed by atoms with van der Waals surface area (Å²) < 4.78 is 5.36. The Kier molecular flexibility index (Phi) is 5.01. The van der Waals surface area contributed by atoms with Crippen molar-refractivity contribution >= 4 is 23.0 Å². The molecule has 0 spiro atoms. The standard InChI is InChI=1S/C19H21N3O3S/c23-16-3-1-2-14(10-16)18-11-17(15-4-9-26-13-15)20-22(18)19(24)12-21-5-7-25-8-6-21/h1-4,9-10,13,18,23H,5-8,11-12H2/t18-/m0/s1. The van der Waals surface area contributed by atoms with E-state index in [0.29, 0.717) is 26.2 Å². The Bertz CT molecular complexity index is 800. The summed E-state index contributed by atoms with van der Waals surface area (Å²) in [7, 11) is 0. The second kappa shape index (κ2) is 7.57. The van der Waals surface area contributed by atoms with Gasteiger partial charge in [-0.2, -0.15) is 16.4 Å². The number of phenolic OH excluding ortho intramolecular Hbond substituents is 1.